The molecule has 0 N–H and O–H groups in total. The summed E-state index contributed by atoms with van der Waals surface area (Å²) in [5, 5.41) is 7.03. The zero-order valence-electron chi connectivity index (χ0n) is 20.3. The first-order valence-corrected chi connectivity index (χ1v) is 12.6. The standard InChI is InChI=1S/C34H24N2O/c1-2-10-26-23(8-1)9-7-13-27(26)33-28-11-3-4-12-29(28)34(30-19-21-35-22-31(30)33)37-25-17-15-24(16-18-25)32-14-5-6-20-36-32/h1-2,5-22H,3-4H2. The summed E-state index contributed by atoms with van der Waals surface area (Å²) in [4.78, 5) is 9.00. The lowest BCUT2D eigenvalue weighted by molar-refractivity contribution is 0.483. The Balaban J connectivity index is 1.44. The molecule has 0 radical (unpaired) electrons. The van der Waals surface area contributed by atoms with E-state index in [0.29, 0.717) is 0 Å². The molecule has 0 amide bonds. The molecule has 0 saturated carbocycles. The summed E-state index contributed by atoms with van der Waals surface area (Å²) < 4.78 is 6.66. The van der Waals surface area contributed by atoms with Gasteiger partial charge >= 0.3 is 0 Å². The predicted octanol–water partition coefficient (Wildman–Crippen LogP) is 7.26. The van der Waals surface area contributed by atoms with Gasteiger partial charge in [-0.15, -0.1) is 0 Å². The Morgan fingerprint density at radius 1 is 0.622 bits per heavy atom. The summed E-state index contributed by atoms with van der Waals surface area (Å²) in [6, 6.07) is 31.3. The Morgan fingerprint density at radius 3 is 2.30 bits per heavy atom. The third-order valence-electron chi connectivity index (χ3n) is 7.10. The van der Waals surface area contributed by atoms with Gasteiger partial charge in [0.05, 0.1) is 5.69 Å². The van der Waals surface area contributed by atoms with Gasteiger partial charge in [0.2, 0.25) is 0 Å². The normalized spacial score (nSPS) is 12.5. The molecule has 1 aliphatic carbocycles. The highest BCUT2D eigenvalue weighted by atomic mass is 16.5. The van der Waals surface area contributed by atoms with Gasteiger partial charge in [-0.2, -0.15) is 0 Å². The number of aromatic nitrogens is 2. The van der Waals surface area contributed by atoms with Crippen LogP contribution in [0, 0.1) is 0 Å². The Bertz CT molecular complexity index is 1890. The number of ether oxygens (including phenoxy) is 1. The maximum atomic E-state index is 6.66. The molecular formula is C34H24N2O. The van der Waals surface area contributed by atoms with Crippen molar-refractivity contribution in [2.45, 2.75) is 12.8 Å². The SMILES string of the molecule is C1=c2c(Oc3ccc(-c4ccccn4)cc3)c3ccncc3c(-c3cccc4ccccc34)c2=CCC1. The molecule has 2 aromatic heterocycles. The fourth-order valence-electron chi connectivity index (χ4n) is 5.40. The van der Waals surface area contributed by atoms with E-state index in [1.165, 1.54) is 27.1 Å². The van der Waals surface area contributed by atoms with Crippen LogP contribution in [0.5, 0.6) is 11.5 Å². The van der Waals surface area contributed by atoms with Crippen molar-refractivity contribution >= 4 is 33.7 Å². The van der Waals surface area contributed by atoms with Crippen molar-refractivity contribution in [3.63, 3.8) is 0 Å². The Morgan fingerprint density at radius 2 is 1.43 bits per heavy atom. The second-order valence-electron chi connectivity index (χ2n) is 9.31. The third-order valence-corrected chi connectivity index (χ3v) is 7.10. The summed E-state index contributed by atoms with van der Waals surface area (Å²) in [6.07, 6.45) is 12.3. The minimum Gasteiger partial charge on any atom is -0.456 e. The zero-order valence-corrected chi connectivity index (χ0v) is 20.3. The maximum absolute atomic E-state index is 6.66. The van der Waals surface area contributed by atoms with Gasteiger partial charge in [0.1, 0.15) is 11.5 Å². The molecule has 6 aromatic rings. The second-order valence-corrected chi connectivity index (χ2v) is 9.31. The molecule has 37 heavy (non-hydrogen) atoms. The van der Waals surface area contributed by atoms with Gasteiger partial charge in [-0.05, 0) is 82.4 Å². The summed E-state index contributed by atoms with van der Waals surface area (Å²) in [7, 11) is 0. The second kappa shape index (κ2) is 9.03. The average Bonchev–Trinajstić information content (AvgIpc) is 2.98. The monoisotopic (exact) mass is 476 g/mol. The van der Waals surface area contributed by atoms with Gasteiger partial charge in [-0.25, -0.2) is 0 Å². The molecule has 0 fully saturated rings. The van der Waals surface area contributed by atoms with Gasteiger partial charge in [0, 0.05) is 40.1 Å². The van der Waals surface area contributed by atoms with Crippen molar-refractivity contribution in [3.8, 4) is 33.9 Å². The van der Waals surface area contributed by atoms with E-state index in [0.717, 1.165) is 51.6 Å². The fraction of sp³-hybridized carbons (Fsp3) is 0.0588. The van der Waals surface area contributed by atoms with Crippen LogP contribution in [0.15, 0.2) is 110 Å². The quantitative estimate of drug-likeness (QED) is 0.268. The highest BCUT2D eigenvalue weighted by molar-refractivity contribution is 6.07. The van der Waals surface area contributed by atoms with E-state index in [1.807, 2.05) is 48.9 Å². The molecular weight excluding hydrogens is 452 g/mol. The van der Waals surface area contributed by atoms with E-state index in [-0.39, 0.29) is 0 Å². The molecule has 0 saturated heterocycles. The zero-order chi connectivity index (χ0) is 24.6. The largest absolute Gasteiger partial charge is 0.456 e. The molecule has 0 aliphatic heterocycles. The smallest absolute Gasteiger partial charge is 0.142 e. The molecule has 0 bridgehead atoms. The molecule has 1 aliphatic rings. The minimum absolute atomic E-state index is 0.803. The fourth-order valence-corrected chi connectivity index (χ4v) is 5.40. The van der Waals surface area contributed by atoms with Crippen LogP contribution < -0.4 is 15.2 Å². The highest BCUT2D eigenvalue weighted by Crippen LogP contribution is 2.35. The number of hydrogen-bond donors (Lipinski definition) is 0. The van der Waals surface area contributed by atoms with E-state index >= 15 is 0 Å². The van der Waals surface area contributed by atoms with Gasteiger partial charge in [-0.1, -0.05) is 60.7 Å². The van der Waals surface area contributed by atoms with Crippen LogP contribution in [0.25, 0.3) is 56.1 Å². The van der Waals surface area contributed by atoms with Crippen molar-refractivity contribution in [1.29, 1.82) is 0 Å². The van der Waals surface area contributed by atoms with E-state index < -0.39 is 0 Å². The van der Waals surface area contributed by atoms with Gasteiger partial charge < -0.3 is 4.74 Å². The number of fused-ring (bicyclic) bond motifs is 3. The molecule has 2 heterocycles. The van der Waals surface area contributed by atoms with Crippen molar-refractivity contribution < 1.29 is 4.74 Å². The van der Waals surface area contributed by atoms with Crippen LogP contribution in [0.1, 0.15) is 12.8 Å². The van der Waals surface area contributed by atoms with E-state index in [2.05, 4.69) is 82.8 Å². The Hall–Kier alpha value is -4.76. The molecule has 4 aromatic carbocycles. The van der Waals surface area contributed by atoms with Crippen LogP contribution >= 0.6 is 0 Å². The number of rotatable bonds is 4. The summed E-state index contributed by atoms with van der Waals surface area (Å²) in [5.74, 6) is 1.69. The van der Waals surface area contributed by atoms with Crippen LogP contribution in [-0.2, 0) is 0 Å². The number of hydrogen-bond acceptors (Lipinski definition) is 3. The van der Waals surface area contributed by atoms with Gasteiger partial charge in [-0.3, -0.25) is 9.97 Å². The van der Waals surface area contributed by atoms with Crippen molar-refractivity contribution in [1.82, 2.24) is 9.97 Å². The number of benzene rings is 4. The van der Waals surface area contributed by atoms with Gasteiger partial charge in [0.15, 0.2) is 0 Å². The van der Waals surface area contributed by atoms with E-state index in [1.54, 1.807) is 0 Å². The summed E-state index contributed by atoms with van der Waals surface area (Å²) in [5.41, 5.74) is 4.47. The third kappa shape index (κ3) is 3.76. The lowest BCUT2D eigenvalue weighted by Crippen LogP contribution is -2.31. The Kier molecular flexibility index (Phi) is 5.25. The topological polar surface area (TPSA) is 35.0 Å². The molecule has 0 atom stereocenters. The summed E-state index contributed by atoms with van der Waals surface area (Å²) in [6.45, 7) is 0. The Labute approximate surface area is 215 Å². The molecule has 3 nitrogen and oxygen atoms in total. The molecule has 176 valence electrons. The maximum Gasteiger partial charge on any atom is 0.142 e. The van der Waals surface area contributed by atoms with Crippen LogP contribution in [0.3, 0.4) is 0 Å². The lowest BCUT2D eigenvalue weighted by Gasteiger charge is -2.18. The molecule has 3 heteroatoms. The van der Waals surface area contributed by atoms with Crippen LogP contribution in [0.2, 0.25) is 0 Å². The number of pyridine rings is 2. The van der Waals surface area contributed by atoms with Crippen molar-refractivity contribution in [2.24, 2.45) is 0 Å². The average molecular weight is 477 g/mol. The van der Waals surface area contributed by atoms with E-state index in [4.69, 9.17) is 4.74 Å². The van der Waals surface area contributed by atoms with Crippen LogP contribution in [0.4, 0.5) is 0 Å². The molecule has 0 spiro atoms. The lowest BCUT2D eigenvalue weighted by atomic mass is 9.89. The highest BCUT2D eigenvalue weighted by Gasteiger charge is 2.18. The molecule has 0 unspecified atom stereocenters. The first kappa shape index (κ1) is 21.5. The summed E-state index contributed by atoms with van der Waals surface area (Å²) >= 11 is 0. The van der Waals surface area contributed by atoms with Crippen molar-refractivity contribution in [3.05, 3.63) is 120 Å². The van der Waals surface area contributed by atoms with Crippen LogP contribution in [-0.4, -0.2) is 9.97 Å². The van der Waals surface area contributed by atoms with E-state index in [9.17, 15) is 0 Å². The first-order chi connectivity index (χ1) is 18.4. The first-order valence-electron chi connectivity index (χ1n) is 12.6. The minimum atomic E-state index is 0.803. The number of nitrogens with zero attached hydrogens (tertiary/aromatic N) is 2. The van der Waals surface area contributed by atoms with Gasteiger partial charge in [0.25, 0.3) is 0 Å². The molecule has 7 rings (SSSR count). The van der Waals surface area contributed by atoms with Crippen molar-refractivity contribution in [2.75, 3.05) is 0 Å². The predicted molar refractivity (Wildman–Crippen MR) is 152 cm³/mol.